The molecule has 8 heteroatoms. The molecule has 2 rings (SSSR count). The van der Waals surface area contributed by atoms with Crippen molar-refractivity contribution >= 4 is 17.7 Å². The number of carbonyl (C=O) groups is 1. The molecule has 1 aliphatic rings. The fourth-order valence-electron chi connectivity index (χ4n) is 1.87. The first-order chi connectivity index (χ1) is 9.55. The zero-order chi connectivity index (χ0) is 14.8. The maximum atomic E-state index is 12.1. The van der Waals surface area contributed by atoms with Crippen molar-refractivity contribution in [1.82, 2.24) is 9.88 Å². The molecule has 110 valence electrons. The van der Waals surface area contributed by atoms with Crippen molar-refractivity contribution in [2.24, 2.45) is 0 Å². The van der Waals surface area contributed by atoms with Crippen LogP contribution in [0.15, 0.2) is 22.0 Å². The molecule has 4 N–H and O–H groups in total. The molecule has 0 aliphatic carbocycles. The maximum absolute atomic E-state index is 12.1. The minimum atomic E-state index is -1.50. The van der Waals surface area contributed by atoms with Gasteiger partial charge in [0.2, 0.25) is 0 Å². The van der Waals surface area contributed by atoms with Gasteiger partial charge in [-0.3, -0.25) is 9.59 Å². The van der Waals surface area contributed by atoms with Gasteiger partial charge in [-0.2, -0.15) is 0 Å². The molecule has 2 heterocycles. The average Bonchev–Trinajstić information content (AvgIpc) is 2.93. The van der Waals surface area contributed by atoms with E-state index < -0.39 is 31.3 Å². The van der Waals surface area contributed by atoms with Crippen molar-refractivity contribution in [2.45, 2.75) is 17.1 Å². The molecule has 0 saturated heterocycles. The van der Waals surface area contributed by atoms with Crippen LogP contribution in [0.5, 0.6) is 0 Å². The van der Waals surface area contributed by atoms with E-state index in [1.807, 2.05) is 0 Å². The van der Waals surface area contributed by atoms with E-state index in [4.69, 9.17) is 0 Å². The Morgan fingerprint density at radius 3 is 2.55 bits per heavy atom. The second kappa shape index (κ2) is 5.96. The lowest BCUT2D eigenvalue weighted by Crippen LogP contribution is -2.57. The zero-order valence-electron chi connectivity index (χ0n) is 10.7. The van der Waals surface area contributed by atoms with Crippen LogP contribution in [-0.4, -0.2) is 56.9 Å². The van der Waals surface area contributed by atoms with Crippen LogP contribution in [0.3, 0.4) is 0 Å². The summed E-state index contributed by atoms with van der Waals surface area (Å²) in [6, 6.07) is 2.80. The molecule has 0 aromatic carbocycles. The molecule has 20 heavy (non-hydrogen) atoms. The average molecular weight is 300 g/mol. The van der Waals surface area contributed by atoms with E-state index in [0.717, 1.165) is 5.75 Å². The van der Waals surface area contributed by atoms with Crippen molar-refractivity contribution in [3.05, 3.63) is 28.0 Å². The first-order valence-electron chi connectivity index (χ1n) is 6.08. The number of nitrogens with one attached hydrogen (secondary N) is 1. The number of aromatic nitrogens is 1. The molecular weight excluding hydrogens is 284 g/mol. The van der Waals surface area contributed by atoms with Crippen LogP contribution in [0, 0.1) is 0 Å². The summed E-state index contributed by atoms with van der Waals surface area (Å²) in [5.41, 5.74) is -1.62. The Kier molecular flexibility index (Phi) is 4.48. The maximum Gasteiger partial charge on any atom is 0.252 e. The Morgan fingerprint density at radius 2 is 1.95 bits per heavy atom. The lowest BCUT2D eigenvalue weighted by Gasteiger charge is -2.28. The highest BCUT2D eigenvalue weighted by molar-refractivity contribution is 7.99. The van der Waals surface area contributed by atoms with Gasteiger partial charge >= 0.3 is 0 Å². The number of carbonyl (C=O) groups excluding carboxylic acids is 1. The molecule has 0 radical (unpaired) electrons. The van der Waals surface area contributed by atoms with Gasteiger partial charge in [-0.15, -0.1) is 11.8 Å². The molecule has 1 aromatic heterocycles. The summed E-state index contributed by atoms with van der Waals surface area (Å²) in [5, 5.41) is 30.6. The fourth-order valence-corrected chi connectivity index (χ4v) is 2.90. The second-order valence-corrected chi connectivity index (χ2v) is 5.74. The van der Waals surface area contributed by atoms with Crippen molar-refractivity contribution in [3.8, 4) is 0 Å². The number of fused-ring (bicyclic) bond motifs is 1. The molecular formula is C12H16N2O5S. The van der Waals surface area contributed by atoms with E-state index in [-0.39, 0.29) is 11.1 Å². The van der Waals surface area contributed by atoms with Crippen molar-refractivity contribution in [3.63, 3.8) is 0 Å². The summed E-state index contributed by atoms with van der Waals surface area (Å²) < 4.78 is 1.58. The Hall–Kier alpha value is -1.35. The molecule has 0 saturated carbocycles. The van der Waals surface area contributed by atoms with Gasteiger partial charge in [-0.05, 0) is 6.07 Å². The van der Waals surface area contributed by atoms with Gasteiger partial charge in [0, 0.05) is 23.9 Å². The van der Waals surface area contributed by atoms with Crippen LogP contribution >= 0.6 is 11.8 Å². The highest BCUT2D eigenvalue weighted by atomic mass is 32.2. The number of pyridine rings is 1. The Morgan fingerprint density at radius 1 is 1.30 bits per heavy atom. The van der Waals surface area contributed by atoms with Crippen molar-refractivity contribution in [1.29, 1.82) is 0 Å². The van der Waals surface area contributed by atoms with Crippen LogP contribution in [0.25, 0.3) is 0 Å². The third-order valence-corrected chi connectivity index (χ3v) is 4.22. The quantitative estimate of drug-likeness (QED) is 0.521. The summed E-state index contributed by atoms with van der Waals surface area (Å²) in [7, 11) is 0. The van der Waals surface area contributed by atoms with Crippen LogP contribution in [0.4, 0.5) is 0 Å². The predicted molar refractivity (Wildman–Crippen MR) is 72.9 cm³/mol. The molecule has 1 amide bonds. The van der Waals surface area contributed by atoms with Gasteiger partial charge in [0.05, 0.1) is 24.8 Å². The van der Waals surface area contributed by atoms with E-state index in [9.17, 15) is 24.9 Å². The number of hydrogen-bond acceptors (Lipinski definition) is 6. The van der Waals surface area contributed by atoms with Gasteiger partial charge in [0.1, 0.15) is 5.54 Å². The lowest BCUT2D eigenvalue weighted by molar-refractivity contribution is 0.0375. The van der Waals surface area contributed by atoms with Crippen LogP contribution < -0.4 is 10.9 Å². The SMILES string of the molecule is O=C(NC(CO)(CO)CO)c1cc2n(c(=O)c1)CCS2. The van der Waals surface area contributed by atoms with E-state index >= 15 is 0 Å². The molecule has 0 spiro atoms. The smallest absolute Gasteiger partial charge is 0.252 e. The molecule has 0 fully saturated rings. The highest BCUT2D eigenvalue weighted by Gasteiger charge is 2.30. The van der Waals surface area contributed by atoms with Crippen molar-refractivity contribution in [2.75, 3.05) is 25.6 Å². The van der Waals surface area contributed by atoms with Gasteiger partial charge in [-0.25, -0.2) is 0 Å². The number of hydrogen-bond donors (Lipinski definition) is 4. The third kappa shape index (κ3) is 2.73. The summed E-state index contributed by atoms with van der Waals surface area (Å²) in [4.78, 5) is 23.9. The van der Waals surface area contributed by atoms with Gasteiger partial charge in [0.25, 0.3) is 11.5 Å². The number of thioether (sulfide) groups is 1. The molecule has 7 nitrogen and oxygen atoms in total. The Balaban J connectivity index is 2.26. The summed E-state index contributed by atoms with van der Waals surface area (Å²) in [5.74, 6) is 0.170. The number of aliphatic hydroxyl groups excluding tert-OH is 3. The molecule has 0 atom stereocenters. The number of amides is 1. The van der Waals surface area contributed by atoms with Gasteiger partial charge < -0.3 is 25.2 Å². The predicted octanol–water partition coefficient (Wildman–Crippen LogP) is -1.60. The fraction of sp³-hybridized carbons (Fsp3) is 0.500. The van der Waals surface area contributed by atoms with E-state index in [2.05, 4.69) is 5.32 Å². The monoisotopic (exact) mass is 300 g/mol. The topological polar surface area (TPSA) is 112 Å². The zero-order valence-corrected chi connectivity index (χ0v) is 11.5. The van der Waals surface area contributed by atoms with E-state index in [1.54, 1.807) is 10.6 Å². The Labute approximate surface area is 119 Å². The molecule has 1 aromatic rings. The number of nitrogens with zero attached hydrogens (tertiary/aromatic N) is 1. The number of aliphatic hydroxyl groups is 3. The van der Waals surface area contributed by atoms with E-state index in [0.29, 0.717) is 11.6 Å². The molecule has 0 bridgehead atoms. The minimum absolute atomic E-state index is 0.148. The van der Waals surface area contributed by atoms with Gasteiger partial charge in [0.15, 0.2) is 0 Å². The largest absolute Gasteiger partial charge is 0.394 e. The van der Waals surface area contributed by atoms with Crippen molar-refractivity contribution < 1.29 is 20.1 Å². The summed E-state index contributed by atoms with van der Waals surface area (Å²) in [6.45, 7) is -1.20. The normalized spacial score (nSPS) is 14.2. The molecule has 0 unspecified atom stereocenters. The summed E-state index contributed by atoms with van der Waals surface area (Å²) >= 11 is 1.48. The standard InChI is InChI=1S/C12H16N2O5S/c15-5-12(6-16,7-17)13-11(19)8-3-9(18)14-1-2-20-10(14)4-8/h3-4,15-17H,1-2,5-7H2,(H,13,19). The van der Waals surface area contributed by atoms with Crippen LogP contribution in [0.2, 0.25) is 0 Å². The first-order valence-corrected chi connectivity index (χ1v) is 7.06. The van der Waals surface area contributed by atoms with Crippen LogP contribution in [-0.2, 0) is 6.54 Å². The lowest BCUT2D eigenvalue weighted by atomic mass is 10.0. The highest BCUT2D eigenvalue weighted by Crippen LogP contribution is 2.24. The summed E-state index contributed by atoms with van der Waals surface area (Å²) in [6.07, 6.45) is 0. The van der Waals surface area contributed by atoms with Crippen LogP contribution in [0.1, 0.15) is 10.4 Å². The molecule has 1 aliphatic heterocycles. The van der Waals surface area contributed by atoms with Gasteiger partial charge in [-0.1, -0.05) is 0 Å². The first kappa shape index (κ1) is 15.0. The second-order valence-electron chi connectivity index (χ2n) is 4.63. The minimum Gasteiger partial charge on any atom is -0.394 e. The Bertz CT molecular complexity index is 559. The van der Waals surface area contributed by atoms with E-state index in [1.165, 1.54) is 17.8 Å². The number of rotatable bonds is 5. The third-order valence-electron chi connectivity index (χ3n) is 3.20.